The van der Waals surface area contributed by atoms with E-state index in [0.717, 1.165) is 0 Å². The molecule has 1 heterocycles. The highest BCUT2D eigenvalue weighted by Gasteiger charge is 2.30. The van der Waals surface area contributed by atoms with E-state index in [4.69, 9.17) is 14.6 Å². The Morgan fingerprint density at radius 2 is 2.10 bits per heavy atom. The van der Waals surface area contributed by atoms with Gasteiger partial charge in [0.05, 0.1) is 13.2 Å². The topological polar surface area (TPSA) is 88.1 Å². The highest BCUT2D eigenvalue weighted by atomic mass is 16.6. The molecule has 1 atom stereocenters. The lowest BCUT2D eigenvalue weighted by atomic mass is 10.2. The largest absolute Gasteiger partial charge is 0.444 e. The number of hydrogen-bond acceptors (Lipinski definition) is 5. The average molecular weight is 288 g/mol. The fourth-order valence-corrected chi connectivity index (χ4v) is 1.87. The lowest BCUT2D eigenvalue weighted by Gasteiger charge is -2.24. The smallest absolute Gasteiger partial charge is 0.410 e. The first-order valence-electron chi connectivity index (χ1n) is 6.77. The van der Waals surface area contributed by atoms with Gasteiger partial charge in [0, 0.05) is 19.1 Å². The van der Waals surface area contributed by atoms with Crippen LogP contribution < -0.4 is 5.32 Å². The Balaban J connectivity index is 2.29. The number of carbonyl (C=O) groups excluding carboxylic acids is 2. The van der Waals surface area contributed by atoms with E-state index in [0.29, 0.717) is 19.5 Å². The van der Waals surface area contributed by atoms with E-state index in [1.165, 1.54) is 0 Å². The molecule has 0 aliphatic carbocycles. The Morgan fingerprint density at radius 3 is 2.70 bits per heavy atom. The zero-order valence-electron chi connectivity index (χ0n) is 12.3. The second kappa shape index (κ2) is 7.44. The van der Waals surface area contributed by atoms with Crippen LogP contribution in [0.2, 0.25) is 0 Å². The summed E-state index contributed by atoms with van der Waals surface area (Å²) in [5.74, 6) is -0.241. The van der Waals surface area contributed by atoms with Crippen LogP contribution in [0.1, 0.15) is 27.2 Å². The molecule has 2 amide bonds. The van der Waals surface area contributed by atoms with Gasteiger partial charge in [-0.1, -0.05) is 0 Å². The zero-order valence-corrected chi connectivity index (χ0v) is 12.3. The Bertz CT molecular complexity index is 340. The normalized spacial score (nSPS) is 19.0. The summed E-state index contributed by atoms with van der Waals surface area (Å²) in [6.45, 7) is 6.42. The van der Waals surface area contributed by atoms with Gasteiger partial charge in [-0.25, -0.2) is 4.79 Å². The number of rotatable bonds is 5. The first-order chi connectivity index (χ1) is 9.31. The lowest BCUT2D eigenvalue weighted by molar-refractivity contribution is -0.126. The Labute approximate surface area is 119 Å². The van der Waals surface area contributed by atoms with Gasteiger partial charge in [-0.2, -0.15) is 0 Å². The van der Waals surface area contributed by atoms with E-state index >= 15 is 0 Å². The molecule has 7 heteroatoms. The summed E-state index contributed by atoms with van der Waals surface area (Å²) < 4.78 is 10.2. The van der Waals surface area contributed by atoms with Gasteiger partial charge < -0.3 is 24.8 Å². The maximum atomic E-state index is 11.8. The van der Waals surface area contributed by atoms with Crippen LogP contribution in [0.5, 0.6) is 0 Å². The van der Waals surface area contributed by atoms with E-state index in [1.807, 2.05) is 20.8 Å². The second-order valence-electron chi connectivity index (χ2n) is 5.76. The molecule has 1 aliphatic rings. The van der Waals surface area contributed by atoms with Crippen LogP contribution in [0, 0.1) is 0 Å². The molecule has 0 aromatic carbocycles. The summed E-state index contributed by atoms with van der Waals surface area (Å²) in [5, 5.41) is 11.3. The Hall–Kier alpha value is -1.34. The van der Waals surface area contributed by atoms with Crippen LogP contribution in [0.4, 0.5) is 4.79 Å². The molecule has 7 nitrogen and oxygen atoms in total. The third kappa shape index (κ3) is 6.21. The maximum absolute atomic E-state index is 11.8. The van der Waals surface area contributed by atoms with Gasteiger partial charge in [-0.3, -0.25) is 4.79 Å². The van der Waals surface area contributed by atoms with Gasteiger partial charge in [-0.05, 0) is 27.2 Å². The number of nitrogens with one attached hydrogen (secondary N) is 1. The van der Waals surface area contributed by atoms with Crippen molar-refractivity contribution in [3.63, 3.8) is 0 Å². The molecule has 0 aromatic rings. The summed E-state index contributed by atoms with van der Waals surface area (Å²) in [7, 11) is 0. The van der Waals surface area contributed by atoms with Crippen LogP contribution in [-0.2, 0) is 14.3 Å². The molecule has 1 rings (SSSR count). The molecule has 0 saturated carbocycles. The van der Waals surface area contributed by atoms with Gasteiger partial charge in [0.2, 0.25) is 5.91 Å². The summed E-state index contributed by atoms with van der Waals surface area (Å²) in [6, 6.07) is -0.0762. The molecule has 20 heavy (non-hydrogen) atoms. The van der Waals surface area contributed by atoms with Crippen molar-refractivity contribution in [2.75, 3.05) is 32.9 Å². The van der Waals surface area contributed by atoms with Crippen LogP contribution >= 0.6 is 0 Å². The molecular formula is C13H24N2O5. The number of carbonyl (C=O) groups is 2. The van der Waals surface area contributed by atoms with Gasteiger partial charge in [0.15, 0.2) is 0 Å². The molecule has 1 fully saturated rings. The van der Waals surface area contributed by atoms with Crippen molar-refractivity contribution in [3.05, 3.63) is 0 Å². The first kappa shape index (κ1) is 16.7. The molecule has 0 radical (unpaired) electrons. The predicted octanol–water partition coefficient (Wildman–Crippen LogP) is 0.121. The highest BCUT2D eigenvalue weighted by Crippen LogP contribution is 2.15. The third-order valence-electron chi connectivity index (χ3n) is 2.67. The van der Waals surface area contributed by atoms with Gasteiger partial charge in [0.25, 0.3) is 0 Å². The summed E-state index contributed by atoms with van der Waals surface area (Å²) >= 11 is 0. The number of hydrogen-bond donors (Lipinski definition) is 2. The minimum absolute atomic E-state index is 0.0762. The molecule has 0 spiro atoms. The van der Waals surface area contributed by atoms with Crippen LogP contribution in [0.15, 0.2) is 0 Å². The molecule has 2 N–H and O–H groups in total. The van der Waals surface area contributed by atoms with Gasteiger partial charge in [0.1, 0.15) is 12.2 Å². The van der Waals surface area contributed by atoms with E-state index in [1.54, 1.807) is 4.90 Å². The minimum atomic E-state index is -0.517. The van der Waals surface area contributed by atoms with Crippen LogP contribution in [-0.4, -0.2) is 66.6 Å². The van der Waals surface area contributed by atoms with Crippen molar-refractivity contribution in [2.24, 2.45) is 0 Å². The quantitative estimate of drug-likeness (QED) is 0.702. The van der Waals surface area contributed by atoms with Crippen LogP contribution in [0.25, 0.3) is 0 Å². The molecule has 1 saturated heterocycles. The van der Waals surface area contributed by atoms with E-state index in [9.17, 15) is 9.59 Å². The zero-order chi connectivity index (χ0) is 15.2. The number of nitrogens with zero attached hydrogens (tertiary/aromatic N) is 1. The van der Waals surface area contributed by atoms with Gasteiger partial charge >= 0.3 is 6.09 Å². The average Bonchev–Trinajstić information content (AvgIpc) is 2.75. The Kier molecular flexibility index (Phi) is 6.22. The predicted molar refractivity (Wildman–Crippen MR) is 72.3 cm³/mol. The summed E-state index contributed by atoms with van der Waals surface area (Å²) in [5.41, 5.74) is -0.517. The fraction of sp³-hybridized carbons (Fsp3) is 0.846. The van der Waals surface area contributed by atoms with Crippen molar-refractivity contribution in [2.45, 2.75) is 38.8 Å². The fourth-order valence-electron chi connectivity index (χ4n) is 1.87. The van der Waals surface area contributed by atoms with Gasteiger partial charge in [-0.15, -0.1) is 0 Å². The second-order valence-corrected chi connectivity index (χ2v) is 5.76. The number of amides is 2. The third-order valence-corrected chi connectivity index (χ3v) is 2.67. The molecule has 1 unspecified atom stereocenters. The monoisotopic (exact) mass is 288 g/mol. The van der Waals surface area contributed by atoms with Crippen molar-refractivity contribution in [3.8, 4) is 0 Å². The standard InChI is InChI=1S/C13H24N2O5/c1-13(2,3)20-12(18)15-5-4-10(8-15)14-11(17)9-19-7-6-16/h10,16H,4-9H2,1-3H3,(H,14,17). The molecule has 116 valence electrons. The molecule has 0 aromatic heterocycles. The number of likely N-dealkylation sites (tertiary alicyclic amines) is 1. The molecule has 1 aliphatic heterocycles. The minimum Gasteiger partial charge on any atom is -0.444 e. The molecule has 0 bridgehead atoms. The van der Waals surface area contributed by atoms with Crippen molar-refractivity contribution >= 4 is 12.0 Å². The Morgan fingerprint density at radius 1 is 1.40 bits per heavy atom. The van der Waals surface area contributed by atoms with E-state index in [2.05, 4.69) is 5.32 Å². The lowest BCUT2D eigenvalue weighted by Crippen LogP contribution is -2.41. The summed E-state index contributed by atoms with van der Waals surface area (Å²) in [6.07, 6.45) is 0.344. The first-order valence-corrected chi connectivity index (χ1v) is 6.77. The number of ether oxygens (including phenoxy) is 2. The highest BCUT2D eigenvalue weighted by molar-refractivity contribution is 5.77. The van der Waals surface area contributed by atoms with Crippen molar-refractivity contribution < 1.29 is 24.2 Å². The SMILES string of the molecule is CC(C)(C)OC(=O)N1CCC(NC(=O)COCCO)C1. The maximum Gasteiger partial charge on any atom is 0.410 e. The van der Waals surface area contributed by atoms with Crippen molar-refractivity contribution in [1.29, 1.82) is 0 Å². The molecular weight excluding hydrogens is 264 g/mol. The number of aliphatic hydroxyl groups is 1. The van der Waals surface area contributed by atoms with E-state index < -0.39 is 5.60 Å². The van der Waals surface area contributed by atoms with Crippen LogP contribution in [0.3, 0.4) is 0 Å². The van der Waals surface area contributed by atoms with E-state index in [-0.39, 0.29) is 37.9 Å². The number of aliphatic hydroxyl groups excluding tert-OH is 1. The van der Waals surface area contributed by atoms with Crippen molar-refractivity contribution in [1.82, 2.24) is 10.2 Å². The summed E-state index contributed by atoms with van der Waals surface area (Å²) in [4.78, 5) is 25.0.